The highest BCUT2D eigenvalue weighted by Crippen LogP contribution is 2.21. The smallest absolute Gasteiger partial charge is 0.319 e. The largest absolute Gasteiger partial charge is 0.377 e. The summed E-state index contributed by atoms with van der Waals surface area (Å²) in [6.07, 6.45) is 0.594. The number of aromatic nitrogens is 3. The van der Waals surface area contributed by atoms with Crippen molar-refractivity contribution < 1.29 is 4.79 Å². The Bertz CT molecular complexity index is 649. The lowest BCUT2D eigenvalue weighted by molar-refractivity contribution is 0.252. The Morgan fingerprint density at radius 3 is 2.68 bits per heavy atom. The molecule has 118 valence electrons. The quantitative estimate of drug-likeness (QED) is 0.787. The van der Waals surface area contributed by atoms with Gasteiger partial charge < -0.3 is 15.5 Å². The maximum atomic E-state index is 11.9. The van der Waals surface area contributed by atoms with E-state index < -0.39 is 0 Å². The van der Waals surface area contributed by atoms with Crippen molar-refractivity contribution in [1.82, 2.24) is 20.5 Å². The van der Waals surface area contributed by atoms with Crippen LogP contribution in [0.2, 0.25) is 0 Å². The second kappa shape index (κ2) is 6.93. The Hall–Kier alpha value is -2.57. The molecule has 0 aliphatic rings. The van der Waals surface area contributed by atoms with Crippen LogP contribution in [0.25, 0.3) is 0 Å². The van der Waals surface area contributed by atoms with E-state index in [1.165, 1.54) is 0 Å². The standard InChI is InChI=1S/C15H22N6O/c1-10-9-12(5-6-13(10)21(3)4)18-15(22)16-8-7-14-17-11(2)19-20-14/h5-6,9H,7-8H2,1-4H3,(H2,16,18,22)(H,17,19,20). The van der Waals surface area contributed by atoms with Crippen molar-refractivity contribution in [1.29, 1.82) is 0 Å². The van der Waals surface area contributed by atoms with Crippen molar-refractivity contribution in [2.45, 2.75) is 20.3 Å². The van der Waals surface area contributed by atoms with E-state index in [0.29, 0.717) is 18.8 Å². The van der Waals surface area contributed by atoms with Crippen LogP contribution in [0.15, 0.2) is 18.2 Å². The molecule has 7 nitrogen and oxygen atoms in total. The van der Waals surface area contributed by atoms with Crippen molar-refractivity contribution in [3.05, 3.63) is 35.4 Å². The molecule has 3 N–H and O–H groups in total. The minimum absolute atomic E-state index is 0.232. The SMILES string of the molecule is Cc1nc(CCNC(=O)Nc2ccc(N(C)C)c(C)c2)n[nH]1. The number of carbonyl (C=O) groups is 1. The third-order valence-electron chi connectivity index (χ3n) is 3.21. The zero-order valence-electron chi connectivity index (χ0n) is 13.4. The maximum absolute atomic E-state index is 11.9. The molecule has 2 amide bonds. The van der Waals surface area contributed by atoms with Gasteiger partial charge in [-0.1, -0.05) is 0 Å². The fourth-order valence-electron chi connectivity index (χ4n) is 2.20. The second-order valence-corrected chi connectivity index (χ2v) is 5.36. The summed E-state index contributed by atoms with van der Waals surface area (Å²) in [5.41, 5.74) is 3.01. The van der Waals surface area contributed by atoms with Gasteiger partial charge in [-0.3, -0.25) is 5.10 Å². The van der Waals surface area contributed by atoms with Gasteiger partial charge in [-0.15, -0.1) is 0 Å². The first-order valence-corrected chi connectivity index (χ1v) is 7.16. The number of anilines is 2. The number of rotatable bonds is 5. The second-order valence-electron chi connectivity index (χ2n) is 5.36. The zero-order valence-corrected chi connectivity index (χ0v) is 13.4. The summed E-state index contributed by atoms with van der Waals surface area (Å²) < 4.78 is 0. The van der Waals surface area contributed by atoms with E-state index >= 15 is 0 Å². The molecular weight excluding hydrogens is 280 g/mol. The Morgan fingerprint density at radius 2 is 2.09 bits per heavy atom. The first-order chi connectivity index (χ1) is 10.5. The first-order valence-electron chi connectivity index (χ1n) is 7.16. The van der Waals surface area contributed by atoms with Gasteiger partial charge in [-0.05, 0) is 37.6 Å². The van der Waals surface area contributed by atoms with Crippen LogP contribution >= 0.6 is 0 Å². The van der Waals surface area contributed by atoms with E-state index in [-0.39, 0.29) is 6.03 Å². The minimum Gasteiger partial charge on any atom is -0.377 e. The average Bonchev–Trinajstić information content (AvgIpc) is 2.84. The molecule has 1 heterocycles. The van der Waals surface area contributed by atoms with Crippen LogP contribution in [-0.4, -0.2) is 41.9 Å². The Kier molecular flexibility index (Phi) is 4.98. The lowest BCUT2D eigenvalue weighted by atomic mass is 10.1. The lowest BCUT2D eigenvalue weighted by Crippen LogP contribution is -2.30. The van der Waals surface area contributed by atoms with Gasteiger partial charge in [0.05, 0.1) is 0 Å². The number of aromatic amines is 1. The Labute approximate surface area is 130 Å². The normalized spacial score (nSPS) is 10.4. The molecule has 0 saturated heterocycles. The summed E-state index contributed by atoms with van der Waals surface area (Å²) in [7, 11) is 3.99. The summed E-state index contributed by atoms with van der Waals surface area (Å²) in [6, 6.07) is 5.60. The molecule has 0 atom stereocenters. The van der Waals surface area contributed by atoms with E-state index in [9.17, 15) is 4.79 Å². The summed E-state index contributed by atoms with van der Waals surface area (Å²) in [4.78, 5) is 18.1. The van der Waals surface area contributed by atoms with Crippen LogP contribution in [0.3, 0.4) is 0 Å². The summed E-state index contributed by atoms with van der Waals surface area (Å²) in [6.45, 7) is 4.35. The monoisotopic (exact) mass is 302 g/mol. The van der Waals surface area contributed by atoms with E-state index in [1.807, 2.05) is 51.0 Å². The molecule has 7 heteroatoms. The molecule has 0 aliphatic carbocycles. The zero-order chi connectivity index (χ0) is 16.1. The summed E-state index contributed by atoms with van der Waals surface area (Å²) in [5, 5.41) is 12.4. The van der Waals surface area contributed by atoms with Gasteiger partial charge in [0.15, 0.2) is 5.82 Å². The van der Waals surface area contributed by atoms with Crippen molar-refractivity contribution in [2.75, 3.05) is 30.9 Å². The highest BCUT2D eigenvalue weighted by Gasteiger charge is 2.06. The van der Waals surface area contributed by atoms with Gasteiger partial charge in [0, 0.05) is 38.4 Å². The molecule has 1 aromatic carbocycles. The number of amides is 2. The number of hydrogen-bond acceptors (Lipinski definition) is 4. The van der Waals surface area contributed by atoms with E-state index in [2.05, 4.69) is 25.8 Å². The minimum atomic E-state index is -0.232. The molecule has 22 heavy (non-hydrogen) atoms. The number of hydrogen-bond donors (Lipinski definition) is 3. The molecule has 0 spiro atoms. The van der Waals surface area contributed by atoms with Gasteiger partial charge in [0.25, 0.3) is 0 Å². The van der Waals surface area contributed by atoms with Gasteiger partial charge in [-0.25, -0.2) is 9.78 Å². The molecule has 0 radical (unpaired) electrons. The molecule has 2 aromatic rings. The molecule has 0 unspecified atom stereocenters. The predicted octanol–water partition coefficient (Wildman–Crippen LogP) is 1.85. The van der Waals surface area contributed by atoms with E-state index in [0.717, 1.165) is 22.8 Å². The molecule has 2 rings (SSSR count). The number of H-pyrrole nitrogens is 1. The third kappa shape index (κ3) is 4.21. The number of urea groups is 1. The number of aryl methyl sites for hydroxylation is 2. The van der Waals surface area contributed by atoms with Crippen LogP contribution in [0, 0.1) is 13.8 Å². The van der Waals surface area contributed by atoms with Crippen LogP contribution in [-0.2, 0) is 6.42 Å². The number of nitrogens with one attached hydrogen (secondary N) is 3. The molecule has 0 aliphatic heterocycles. The van der Waals surface area contributed by atoms with Crippen molar-refractivity contribution in [3.8, 4) is 0 Å². The van der Waals surface area contributed by atoms with Crippen LogP contribution < -0.4 is 15.5 Å². The van der Waals surface area contributed by atoms with Gasteiger partial charge >= 0.3 is 6.03 Å². The Balaban J connectivity index is 1.83. The lowest BCUT2D eigenvalue weighted by Gasteiger charge is -2.16. The fourth-order valence-corrected chi connectivity index (χ4v) is 2.20. The van der Waals surface area contributed by atoms with Crippen LogP contribution in [0.1, 0.15) is 17.2 Å². The predicted molar refractivity (Wildman–Crippen MR) is 87.4 cm³/mol. The van der Waals surface area contributed by atoms with Crippen molar-refractivity contribution in [3.63, 3.8) is 0 Å². The summed E-state index contributed by atoms with van der Waals surface area (Å²) in [5.74, 6) is 1.47. The molecular formula is C15H22N6O. The molecule has 1 aromatic heterocycles. The Morgan fingerprint density at radius 1 is 1.32 bits per heavy atom. The van der Waals surface area contributed by atoms with E-state index in [4.69, 9.17) is 0 Å². The average molecular weight is 302 g/mol. The summed E-state index contributed by atoms with van der Waals surface area (Å²) >= 11 is 0. The number of carbonyl (C=O) groups excluding carboxylic acids is 1. The van der Waals surface area contributed by atoms with Crippen LogP contribution in [0.5, 0.6) is 0 Å². The molecule has 0 saturated carbocycles. The highest BCUT2D eigenvalue weighted by atomic mass is 16.2. The van der Waals surface area contributed by atoms with Gasteiger partial charge in [0.1, 0.15) is 5.82 Å². The first kappa shape index (κ1) is 15.8. The van der Waals surface area contributed by atoms with Crippen LogP contribution in [0.4, 0.5) is 16.2 Å². The third-order valence-corrected chi connectivity index (χ3v) is 3.21. The topological polar surface area (TPSA) is 85.9 Å². The molecule has 0 bridgehead atoms. The van der Waals surface area contributed by atoms with Gasteiger partial charge in [-0.2, -0.15) is 5.10 Å². The maximum Gasteiger partial charge on any atom is 0.319 e. The van der Waals surface area contributed by atoms with E-state index in [1.54, 1.807) is 0 Å². The fraction of sp³-hybridized carbons (Fsp3) is 0.400. The molecule has 0 fully saturated rings. The van der Waals surface area contributed by atoms with Crippen molar-refractivity contribution in [2.24, 2.45) is 0 Å². The highest BCUT2D eigenvalue weighted by molar-refractivity contribution is 5.89. The number of benzene rings is 1. The number of nitrogens with zero attached hydrogens (tertiary/aromatic N) is 3. The van der Waals surface area contributed by atoms with Gasteiger partial charge in [0.2, 0.25) is 0 Å². The van der Waals surface area contributed by atoms with Crippen molar-refractivity contribution >= 4 is 17.4 Å².